The molecule has 6 heteroatoms. The molecule has 0 bridgehead atoms. The highest BCUT2D eigenvalue weighted by Crippen LogP contribution is 2.25. The fourth-order valence-corrected chi connectivity index (χ4v) is 3.40. The number of likely N-dealkylation sites (tertiary alicyclic amines) is 1. The fraction of sp³-hybridized carbons (Fsp3) is 0.444. The van der Waals surface area contributed by atoms with Crippen molar-refractivity contribution in [2.75, 3.05) is 6.54 Å². The van der Waals surface area contributed by atoms with Gasteiger partial charge in [-0.15, -0.1) is 0 Å². The number of aromatic carboxylic acids is 1. The topological polar surface area (TPSA) is 78.6 Å². The second kappa shape index (κ2) is 7.49. The summed E-state index contributed by atoms with van der Waals surface area (Å²) in [5, 5.41) is 18.8. The Morgan fingerprint density at radius 3 is 2.96 bits per heavy atom. The standard InChI is InChI=1S/C18H23N3O3/c22-17-5-4-14(11-16(17)18(23)24)12-21-8-2-1-3-15(21)6-9-20-10-7-19-13-20/h4-5,7,10-11,13,15,22H,1-3,6,8-9,12H2,(H,23,24)/t15-/m0/s1. The van der Waals surface area contributed by atoms with Gasteiger partial charge in [0.25, 0.3) is 0 Å². The normalized spacial score (nSPS) is 18.6. The summed E-state index contributed by atoms with van der Waals surface area (Å²) in [6, 6.07) is 5.36. The van der Waals surface area contributed by atoms with E-state index in [1.807, 2.05) is 18.6 Å². The monoisotopic (exact) mass is 329 g/mol. The number of phenols is 1. The van der Waals surface area contributed by atoms with Crippen LogP contribution in [0.1, 0.15) is 41.6 Å². The Labute approximate surface area is 141 Å². The Balaban J connectivity index is 1.67. The van der Waals surface area contributed by atoms with Crippen molar-refractivity contribution >= 4 is 5.97 Å². The van der Waals surface area contributed by atoms with Crippen LogP contribution in [0.5, 0.6) is 5.75 Å². The van der Waals surface area contributed by atoms with Crippen LogP contribution in [-0.4, -0.2) is 43.2 Å². The second-order valence-corrected chi connectivity index (χ2v) is 6.37. The number of imidazole rings is 1. The average Bonchev–Trinajstić information content (AvgIpc) is 3.09. The van der Waals surface area contributed by atoms with Gasteiger partial charge >= 0.3 is 5.97 Å². The zero-order valence-electron chi connectivity index (χ0n) is 13.6. The van der Waals surface area contributed by atoms with Gasteiger partial charge in [-0.05, 0) is 43.5 Å². The Hall–Kier alpha value is -2.34. The number of carbonyl (C=O) groups is 1. The van der Waals surface area contributed by atoms with Gasteiger partial charge in [-0.1, -0.05) is 12.5 Å². The first-order valence-corrected chi connectivity index (χ1v) is 8.38. The van der Waals surface area contributed by atoms with Crippen molar-refractivity contribution in [1.82, 2.24) is 14.5 Å². The smallest absolute Gasteiger partial charge is 0.339 e. The van der Waals surface area contributed by atoms with E-state index < -0.39 is 5.97 Å². The minimum absolute atomic E-state index is 0.0283. The highest BCUT2D eigenvalue weighted by molar-refractivity contribution is 5.90. The molecule has 3 rings (SSSR count). The van der Waals surface area contributed by atoms with Crippen LogP contribution in [0.3, 0.4) is 0 Å². The Morgan fingerprint density at radius 2 is 2.21 bits per heavy atom. The van der Waals surface area contributed by atoms with Crippen LogP contribution in [0.25, 0.3) is 0 Å². The summed E-state index contributed by atoms with van der Waals surface area (Å²) in [5.41, 5.74) is 0.902. The number of nitrogens with zero attached hydrogens (tertiary/aromatic N) is 3. The van der Waals surface area contributed by atoms with Crippen LogP contribution in [0, 0.1) is 0 Å². The van der Waals surface area contributed by atoms with Crippen molar-refractivity contribution in [3.8, 4) is 5.75 Å². The van der Waals surface area contributed by atoms with E-state index in [2.05, 4.69) is 14.5 Å². The van der Waals surface area contributed by atoms with E-state index >= 15 is 0 Å². The summed E-state index contributed by atoms with van der Waals surface area (Å²) in [7, 11) is 0. The molecule has 0 unspecified atom stereocenters. The predicted molar refractivity (Wildman–Crippen MR) is 90.0 cm³/mol. The van der Waals surface area contributed by atoms with Crippen LogP contribution in [0.15, 0.2) is 36.9 Å². The Morgan fingerprint density at radius 1 is 1.33 bits per heavy atom. The van der Waals surface area contributed by atoms with Gasteiger partial charge in [0, 0.05) is 31.5 Å². The summed E-state index contributed by atoms with van der Waals surface area (Å²) in [6.07, 6.45) is 10.2. The minimum atomic E-state index is -1.09. The molecule has 1 aliphatic rings. The number of aromatic hydroxyl groups is 1. The van der Waals surface area contributed by atoms with E-state index in [0.29, 0.717) is 6.04 Å². The largest absolute Gasteiger partial charge is 0.507 e. The number of hydrogen-bond donors (Lipinski definition) is 2. The van der Waals surface area contributed by atoms with E-state index in [9.17, 15) is 9.90 Å². The van der Waals surface area contributed by atoms with E-state index in [1.165, 1.54) is 25.3 Å². The van der Waals surface area contributed by atoms with Crippen LogP contribution in [-0.2, 0) is 13.1 Å². The number of hydrogen-bond acceptors (Lipinski definition) is 4. The van der Waals surface area contributed by atoms with Gasteiger partial charge in [0.15, 0.2) is 0 Å². The summed E-state index contributed by atoms with van der Waals surface area (Å²) in [6.45, 7) is 2.68. The number of carboxylic acids is 1. The van der Waals surface area contributed by atoms with Crippen LogP contribution in [0.4, 0.5) is 0 Å². The zero-order valence-corrected chi connectivity index (χ0v) is 13.6. The first kappa shape index (κ1) is 16.5. The van der Waals surface area contributed by atoms with Gasteiger partial charge in [0.2, 0.25) is 0 Å². The SMILES string of the molecule is O=C(O)c1cc(CN2CCCC[C@H]2CCn2ccnc2)ccc1O. The first-order valence-electron chi connectivity index (χ1n) is 8.38. The summed E-state index contributed by atoms with van der Waals surface area (Å²) in [5.74, 6) is -1.27. The molecule has 1 atom stereocenters. The van der Waals surface area contributed by atoms with Crippen molar-refractivity contribution < 1.29 is 15.0 Å². The van der Waals surface area contributed by atoms with Crippen LogP contribution < -0.4 is 0 Å². The maximum Gasteiger partial charge on any atom is 0.339 e. The molecule has 1 fully saturated rings. The molecule has 0 spiro atoms. The summed E-state index contributed by atoms with van der Waals surface area (Å²) in [4.78, 5) is 17.7. The Kier molecular flexibility index (Phi) is 5.15. The molecule has 24 heavy (non-hydrogen) atoms. The second-order valence-electron chi connectivity index (χ2n) is 6.37. The lowest BCUT2D eigenvalue weighted by atomic mass is 9.98. The van der Waals surface area contributed by atoms with Gasteiger partial charge in [-0.25, -0.2) is 9.78 Å². The minimum Gasteiger partial charge on any atom is -0.507 e. The van der Waals surface area contributed by atoms with E-state index in [4.69, 9.17) is 5.11 Å². The first-order chi connectivity index (χ1) is 11.6. The van der Waals surface area contributed by atoms with Crippen molar-refractivity contribution in [2.45, 2.75) is 44.8 Å². The molecular formula is C18H23N3O3. The number of carboxylic acid groups (broad SMARTS) is 1. The van der Waals surface area contributed by atoms with Crippen molar-refractivity contribution in [3.63, 3.8) is 0 Å². The highest BCUT2D eigenvalue weighted by atomic mass is 16.4. The maximum atomic E-state index is 11.2. The third-order valence-corrected chi connectivity index (χ3v) is 4.71. The third kappa shape index (κ3) is 3.94. The van der Waals surface area contributed by atoms with Gasteiger partial charge in [-0.3, -0.25) is 4.90 Å². The summed E-state index contributed by atoms with van der Waals surface area (Å²) < 4.78 is 2.09. The van der Waals surface area contributed by atoms with Gasteiger partial charge < -0.3 is 14.8 Å². The predicted octanol–water partition coefficient (Wildman–Crippen LogP) is 2.73. The van der Waals surface area contributed by atoms with Crippen molar-refractivity contribution in [3.05, 3.63) is 48.0 Å². The number of aromatic nitrogens is 2. The lowest BCUT2D eigenvalue weighted by Crippen LogP contribution is -2.39. The average molecular weight is 329 g/mol. The van der Waals surface area contributed by atoms with Gasteiger partial charge in [0.1, 0.15) is 11.3 Å². The Bertz CT molecular complexity index is 685. The maximum absolute atomic E-state index is 11.2. The highest BCUT2D eigenvalue weighted by Gasteiger charge is 2.23. The number of piperidine rings is 1. The molecular weight excluding hydrogens is 306 g/mol. The number of aryl methyl sites for hydroxylation is 1. The molecule has 1 aromatic heterocycles. The molecule has 2 heterocycles. The van der Waals surface area contributed by atoms with Gasteiger partial charge in [0.05, 0.1) is 6.33 Å². The molecule has 2 aromatic rings. The molecule has 1 aromatic carbocycles. The molecule has 0 radical (unpaired) electrons. The lowest BCUT2D eigenvalue weighted by molar-refractivity contribution is 0.0693. The van der Waals surface area contributed by atoms with Crippen molar-refractivity contribution in [2.24, 2.45) is 0 Å². The number of rotatable bonds is 6. The molecule has 1 saturated heterocycles. The lowest BCUT2D eigenvalue weighted by Gasteiger charge is -2.36. The van der Waals surface area contributed by atoms with Crippen molar-refractivity contribution in [1.29, 1.82) is 0 Å². The van der Waals surface area contributed by atoms with Gasteiger partial charge in [-0.2, -0.15) is 0 Å². The van der Waals surface area contributed by atoms with E-state index in [1.54, 1.807) is 12.3 Å². The molecule has 0 saturated carbocycles. The fourth-order valence-electron chi connectivity index (χ4n) is 3.40. The van der Waals surface area contributed by atoms with Crippen LogP contribution in [0.2, 0.25) is 0 Å². The molecule has 1 aliphatic heterocycles. The quantitative estimate of drug-likeness (QED) is 0.852. The molecule has 6 nitrogen and oxygen atoms in total. The summed E-state index contributed by atoms with van der Waals surface area (Å²) >= 11 is 0. The van der Waals surface area contributed by atoms with E-state index in [0.717, 1.165) is 31.6 Å². The molecule has 0 amide bonds. The van der Waals surface area contributed by atoms with Crippen LogP contribution >= 0.6 is 0 Å². The molecule has 128 valence electrons. The number of benzene rings is 1. The molecule has 2 N–H and O–H groups in total. The third-order valence-electron chi connectivity index (χ3n) is 4.71. The zero-order chi connectivity index (χ0) is 16.9. The molecule has 0 aliphatic carbocycles. The van der Waals surface area contributed by atoms with E-state index in [-0.39, 0.29) is 11.3 Å².